The summed E-state index contributed by atoms with van der Waals surface area (Å²) in [6, 6.07) is 0. The zero-order valence-electron chi connectivity index (χ0n) is 7.09. The van der Waals surface area contributed by atoms with Crippen LogP contribution in [0.2, 0.25) is 0 Å². The Labute approximate surface area is 74.4 Å². The van der Waals surface area contributed by atoms with Gasteiger partial charge in [-0.15, -0.1) is 12.4 Å². The van der Waals surface area contributed by atoms with Crippen molar-refractivity contribution in [1.82, 2.24) is 5.32 Å². The number of hydrogen-bond donors (Lipinski definition) is 2. The Morgan fingerprint density at radius 1 is 1.73 bits per heavy atom. The average Bonchev–Trinajstić information content (AvgIpc) is 1.91. The monoisotopic (exact) mass is 180 g/mol. The molecule has 0 saturated heterocycles. The van der Waals surface area contributed by atoms with Crippen LogP contribution < -0.4 is 11.1 Å². The van der Waals surface area contributed by atoms with Gasteiger partial charge < -0.3 is 11.1 Å². The van der Waals surface area contributed by atoms with E-state index in [1.807, 2.05) is 7.05 Å². The van der Waals surface area contributed by atoms with Crippen molar-refractivity contribution in [3.05, 3.63) is 12.7 Å². The summed E-state index contributed by atoms with van der Waals surface area (Å²) in [5.41, 5.74) is 4.53. The number of hydrogen-bond acceptors (Lipinski definition) is 2. The van der Waals surface area contributed by atoms with E-state index in [1.165, 1.54) is 6.42 Å². The van der Waals surface area contributed by atoms with Crippen molar-refractivity contribution in [1.29, 1.82) is 0 Å². The van der Waals surface area contributed by atoms with E-state index < -0.39 is 5.91 Å². The third-order valence-corrected chi connectivity index (χ3v) is 0.701. The SMILES string of the molecule is C=CC(N)=O.CCCNC.Cl. The zero-order chi connectivity index (χ0) is 8.41. The Balaban J connectivity index is -0.000000107. The van der Waals surface area contributed by atoms with Gasteiger partial charge in [0.15, 0.2) is 0 Å². The second-order valence-electron chi connectivity index (χ2n) is 1.71. The first kappa shape index (κ1) is 16.8. The van der Waals surface area contributed by atoms with Gasteiger partial charge in [-0.3, -0.25) is 4.79 Å². The largest absolute Gasteiger partial charge is 0.366 e. The van der Waals surface area contributed by atoms with Crippen molar-refractivity contribution in [3.8, 4) is 0 Å². The Kier molecular flexibility index (Phi) is 24.8. The van der Waals surface area contributed by atoms with Crippen LogP contribution in [0.3, 0.4) is 0 Å². The van der Waals surface area contributed by atoms with Crippen molar-refractivity contribution in [2.24, 2.45) is 5.73 Å². The molecule has 0 aromatic heterocycles. The summed E-state index contributed by atoms with van der Waals surface area (Å²) in [5.74, 6) is -0.481. The fourth-order valence-corrected chi connectivity index (χ4v) is 0.250. The van der Waals surface area contributed by atoms with E-state index in [4.69, 9.17) is 0 Å². The van der Waals surface area contributed by atoms with Crippen molar-refractivity contribution in [3.63, 3.8) is 0 Å². The first-order chi connectivity index (χ1) is 4.68. The number of carbonyl (C=O) groups excluding carboxylic acids is 1. The van der Waals surface area contributed by atoms with Crippen LogP contribution in [0.1, 0.15) is 13.3 Å². The molecule has 11 heavy (non-hydrogen) atoms. The summed E-state index contributed by atoms with van der Waals surface area (Å²) in [6.45, 7) is 6.37. The lowest BCUT2D eigenvalue weighted by atomic mass is 10.5. The minimum Gasteiger partial charge on any atom is -0.366 e. The predicted molar refractivity (Wildman–Crippen MR) is 50.9 cm³/mol. The molecular formula is C7H17ClN2O. The molecule has 3 N–H and O–H groups in total. The Morgan fingerprint density at radius 3 is 2.09 bits per heavy atom. The van der Waals surface area contributed by atoms with Crippen molar-refractivity contribution in [2.45, 2.75) is 13.3 Å². The summed E-state index contributed by atoms with van der Waals surface area (Å²) in [6.07, 6.45) is 2.29. The van der Waals surface area contributed by atoms with Crippen LogP contribution in [0, 0.1) is 0 Å². The summed E-state index contributed by atoms with van der Waals surface area (Å²) >= 11 is 0. The second kappa shape index (κ2) is 16.2. The molecule has 0 aliphatic heterocycles. The van der Waals surface area contributed by atoms with Crippen LogP contribution in [0.15, 0.2) is 12.7 Å². The molecular weight excluding hydrogens is 164 g/mol. The molecule has 0 aromatic rings. The average molecular weight is 181 g/mol. The number of carbonyl (C=O) groups is 1. The maximum absolute atomic E-state index is 9.47. The van der Waals surface area contributed by atoms with Gasteiger partial charge in [-0.05, 0) is 26.1 Å². The van der Waals surface area contributed by atoms with Gasteiger partial charge in [0.2, 0.25) is 5.91 Å². The molecule has 0 aliphatic carbocycles. The highest BCUT2D eigenvalue weighted by Crippen LogP contribution is 1.62. The summed E-state index contributed by atoms with van der Waals surface area (Å²) < 4.78 is 0. The van der Waals surface area contributed by atoms with Crippen LogP contribution in [0.5, 0.6) is 0 Å². The van der Waals surface area contributed by atoms with E-state index in [2.05, 4.69) is 24.6 Å². The molecule has 0 heterocycles. The molecule has 3 nitrogen and oxygen atoms in total. The molecule has 4 heteroatoms. The van der Waals surface area contributed by atoms with Gasteiger partial charge in [0.1, 0.15) is 0 Å². The van der Waals surface area contributed by atoms with Crippen molar-refractivity contribution >= 4 is 18.3 Å². The number of nitrogens with one attached hydrogen (secondary N) is 1. The summed E-state index contributed by atoms with van der Waals surface area (Å²) in [7, 11) is 1.96. The van der Waals surface area contributed by atoms with Gasteiger partial charge in [-0.25, -0.2) is 0 Å². The minimum absolute atomic E-state index is 0. The minimum atomic E-state index is -0.481. The smallest absolute Gasteiger partial charge is 0.240 e. The van der Waals surface area contributed by atoms with Crippen LogP contribution in [0.4, 0.5) is 0 Å². The maximum atomic E-state index is 9.47. The van der Waals surface area contributed by atoms with E-state index in [0.717, 1.165) is 12.6 Å². The lowest BCUT2D eigenvalue weighted by Gasteiger charge is -1.84. The lowest BCUT2D eigenvalue weighted by molar-refractivity contribution is -0.113. The third-order valence-electron chi connectivity index (χ3n) is 0.701. The molecule has 0 rings (SSSR count). The highest BCUT2D eigenvalue weighted by atomic mass is 35.5. The summed E-state index contributed by atoms with van der Waals surface area (Å²) in [5, 5.41) is 3.02. The molecule has 0 fully saturated rings. The lowest BCUT2D eigenvalue weighted by Crippen LogP contribution is -2.04. The van der Waals surface area contributed by atoms with Gasteiger partial charge >= 0.3 is 0 Å². The van der Waals surface area contributed by atoms with Gasteiger partial charge in [0.05, 0.1) is 0 Å². The number of rotatable bonds is 3. The normalized spacial score (nSPS) is 6.73. The zero-order valence-corrected chi connectivity index (χ0v) is 7.91. The molecule has 0 aromatic carbocycles. The fraction of sp³-hybridized carbons (Fsp3) is 0.571. The van der Waals surface area contributed by atoms with E-state index in [0.29, 0.717) is 0 Å². The van der Waals surface area contributed by atoms with E-state index in [-0.39, 0.29) is 12.4 Å². The topological polar surface area (TPSA) is 55.1 Å². The molecule has 68 valence electrons. The van der Waals surface area contributed by atoms with Gasteiger partial charge in [-0.1, -0.05) is 13.5 Å². The second-order valence-corrected chi connectivity index (χ2v) is 1.71. The maximum Gasteiger partial charge on any atom is 0.240 e. The third kappa shape index (κ3) is 44.0. The van der Waals surface area contributed by atoms with Gasteiger partial charge in [0.25, 0.3) is 0 Å². The van der Waals surface area contributed by atoms with Gasteiger partial charge in [0, 0.05) is 0 Å². The highest BCUT2D eigenvalue weighted by molar-refractivity contribution is 5.85. The number of halogens is 1. The van der Waals surface area contributed by atoms with Crippen LogP contribution in [-0.4, -0.2) is 19.5 Å². The standard InChI is InChI=1S/C4H11N.C3H5NO.ClH/c1-3-4-5-2;1-2-3(4)5;/h5H,3-4H2,1-2H3;2H,1H2,(H2,4,5);1H. The van der Waals surface area contributed by atoms with E-state index >= 15 is 0 Å². The van der Waals surface area contributed by atoms with Crippen LogP contribution in [-0.2, 0) is 4.79 Å². The Hall–Kier alpha value is -0.540. The molecule has 1 amide bonds. The first-order valence-corrected chi connectivity index (χ1v) is 3.25. The molecule has 0 radical (unpaired) electrons. The Bertz CT molecular complexity index is 94.4. The van der Waals surface area contributed by atoms with Crippen molar-refractivity contribution < 1.29 is 4.79 Å². The van der Waals surface area contributed by atoms with Crippen LogP contribution in [0.25, 0.3) is 0 Å². The number of primary amides is 1. The molecule has 0 bridgehead atoms. The van der Waals surface area contributed by atoms with E-state index in [9.17, 15) is 4.79 Å². The summed E-state index contributed by atoms with van der Waals surface area (Å²) in [4.78, 5) is 9.47. The molecule has 0 aliphatic rings. The fourth-order valence-electron chi connectivity index (χ4n) is 0.250. The molecule has 0 spiro atoms. The first-order valence-electron chi connectivity index (χ1n) is 3.25. The number of nitrogens with two attached hydrogens (primary N) is 1. The number of amides is 1. The van der Waals surface area contributed by atoms with E-state index in [1.54, 1.807) is 0 Å². The van der Waals surface area contributed by atoms with Crippen molar-refractivity contribution in [2.75, 3.05) is 13.6 Å². The van der Waals surface area contributed by atoms with Gasteiger partial charge in [-0.2, -0.15) is 0 Å². The molecule has 0 saturated carbocycles. The highest BCUT2D eigenvalue weighted by Gasteiger charge is 1.69. The Morgan fingerprint density at radius 2 is 2.09 bits per heavy atom. The predicted octanol–water partition coefficient (Wildman–Crippen LogP) is 0.695. The quantitative estimate of drug-likeness (QED) is 0.629. The molecule has 0 unspecified atom stereocenters. The van der Waals surface area contributed by atoms with Crippen LogP contribution >= 0.6 is 12.4 Å². The molecule has 0 atom stereocenters.